The molecular formula is C39H67N5O4. The van der Waals surface area contributed by atoms with Crippen molar-refractivity contribution in [3.63, 3.8) is 0 Å². The Labute approximate surface area is 290 Å². The van der Waals surface area contributed by atoms with Crippen molar-refractivity contribution >= 4 is 5.97 Å². The molecule has 0 amide bonds. The number of hydrogen-bond acceptors (Lipinski definition) is 7. The number of aromatic amines is 1. The van der Waals surface area contributed by atoms with Crippen LogP contribution in [0, 0.1) is 75.4 Å². The number of fused-ring (bicyclic) bond motifs is 3. The number of aryl methyl sites for hydroxylation is 1. The monoisotopic (exact) mass is 670 g/mol. The fourth-order valence-electron chi connectivity index (χ4n) is 12.0. The van der Waals surface area contributed by atoms with Crippen molar-refractivity contribution in [2.75, 3.05) is 19.8 Å². The molecule has 1 saturated heterocycles. The average molecular weight is 670 g/mol. The number of aromatic nitrogens is 4. The van der Waals surface area contributed by atoms with Crippen LogP contribution in [0.5, 0.6) is 0 Å². The first-order valence-electron chi connectivity index (χ1n) is 18.8. The number of H-pyrrole nitrogens is 1. The lowest BCUT2D eigenvalue weighted by Crippen LogP contribution is -2.69. The van der Waals surface area contributed by atoms with E-state index in [1.54, 1.807) is 12.5 Å². The van der Waals surface area contributed by atoms with E-state index in [1.165, 1.54) is 6.42 Å². The molecule has 1 aliphatic heterocycles. The number of carboxylic acid groups (broad SMARTS) is 1. The number of carboxylic acids is 1. The number of carbonyl (C=O) groups is 1. The summed E-state index contributed by atoms with van der Waals surface area (Å²) in [6.45, 7) is 29.2. The first-order chi connectivity index (χ1) is 22.2. The van der Waals surface area contributed by atoms with E-state index < -0.39 is 5.97 Å². The van der Waals surface area contributed by atoms with Crippen LogP contribution >= 0.6 is 0 Å². The summed E-state index contributed by atoms with van der Waals surface area (Å²) in [6, 6.07) is 0. The Morgan fingerprint density at radius 1 is 1.12 bits per heavy atom. The van der Waals surface area contributed by atoms with E-state index >= 15 is 0 Å². The minimum Gasteiger partial charge on any atom is -0.481 e. The summed E-state index contributed by atoms with van der Waals surface area (Å²) >= 11 is 0. The maximum Gasteiger partial charge on any atom is 0.307 e. The van der Waals surface area contributed by atoms with Gasteiger partial charge in [-0.1, -0.05) is 86.1 Å². The lowest BCUT2D eigenvalue weighted by molar-refractivity contribution is -0.253. The first-order valence-corrected chi connectivity index (χ1v) is 18.8. The van der Waals surface area contributed by atoms with Crippen LogP contribution in [0.15, 0.2) is 11.6 Å². The smallest absolute Gasteiger partial charge is 0.307 e. The van der Waals surface area contributed by atoms with Crippen molar-refractivity contribution in [1.29, 1.82) is 0 Å². The van der Waals surface area contributed by atoms with Crippen LogP contribution in [0.25, 0.3) is 0 Å². The second-order valence-electron chi connectivity index (χ2n) is 18.9. The standard InChI is InChI=1S/C37H63NO4.C2H4N4/c1-22(2)25(6)32(7)16-17-34(9)26-12-13-28-33(8)19-41-21-37(28,27(26)14-15-35(34,10)29(32)31(39)40)18-24(5)30(33)42-20-36(11,38)23(3)4;1-2-3-5-6-4-2/h14,22-26,28-30H,12-13,15-21,38H2,1-11H3,(H,39,40);1H3,(H,3,4,5,6)/t24-,25-,26+,28+,29-,30+,32-,33+,34-,35+,36+,37+;/m1./s1. The number of aliphatic carboxylic acids is 1. The van der Waals surface area contributed by atoms with Gasteiger partial charge in [0.1, 0.15) is 0 Å². The Hall–Kier alpha value is -1.84. The summed E-state index contributed by atoms with van der Waals surface area (Å²) in [5.74, 6) is 2.24. The Balaban J connectivity index is 0.000000677. The first kappa shape index (κ1) is 37.4. The molecule has 5 aliphatic rings. The van der Waals surface area contributed by atoms with Crippen LogP contribution in [-0.4, -0.2) is 63.2 Å². The quantitative estimate of drug-likeness (QED) is 0.254. The lowest BCUT2D eigenvalue weighted by atomic mass is 9.34. The number of ether oxygens (including phenoxy) is 2. The van der Waals surface area contributed by atoms with Crippen molar-refractivity contribution < 1.29 is 19.4 Å². The van der Waals surface area contributed by atoms with Crippen LogP contribution < -0.4 is 5.73 Å². The van der Waals surface area contributed by atoms with Crippen molar-refractivity contribution in [3.8, 4) is 0 Å². The lowest BCUT2D eigenvalue weighted by Gasteiger charge is -2.71. The minimum atomic E-state index is -0.588. The van der Waals surface area contributed by atoms with Gasteiger partial charge in [0.05, 0.1) is 31.8 Å². The Bertz CT molecular complexity index is 1350. The summed E-state index contributed by atoms with van der Waals surface area (Å²) in [5.41, 5.74) is 7.38. The van der Waals surface area contributed by atoms with Crippen molar-refractivity contribution in [2.24, 2.45) is 74.2 Å². The van der Waals surface area contributed by atoms with Gasteiger partial charge in [0.25, 0.3) is 0 Å². The van der Waals surface area contributed by atoms with Crippen LogP contribution in [0.4, 0.5) is 0 Å². The van der Waals surface area contributed by atoms with E-state index in [0.29, 0.717) is 47.9 Å². The van der Waals surface area contributed by atoms with Gasteiger partial charge >= 0.3 is 5.97 Å². The molecular weight excluding hydrogens is 602 g/mol. The topological polar surface area (TPSA) is 136 Å². The molecule has 9 heteroatoms. The zero-order valence-corrected chi connectivity index (χ0v) is 32.2. The third-order valence-corrected chi connectivity index (χ3v) is 15.7. The molecule has 4 fully saturated rings. The molecule has 12 atom stereocenters. The fourth-order valence-corrected chi connectivity index (χ4v) is 12.0. The van der Waals surface area contributed by atoms with Gasteiger partial charge in [0.2, 0.25) is 0 Å². The zero-order chi connectivity index (χ0) is 35.7. The summed E-state index contributed by atoms with van der Waals surface area (Å²) in [6.07, 6.45) is 9.03. The van der Waals surface area contributed by atoms with E-state index in [4.69, 9.17) is 15.2 Å². The molecule has 0 spiro atoms. The fraction of sp³-hybridized carbons (Fsp3) is 0.897. The minimum absolute atomic E-state index is 0.0221. The van der Waals surface area contributed by atoms with Gasteiger partial charge < -0.3 is 20.3 Å². The molecule has 4 aliphatic carbocycles. The van der Waals surface area contributed by atoms with Crippen molar-refractivity contribution in [3.05, 3.63) is 17.5 Å². The average Bonchev–Trinajstić information content (AvgIpc) is 3.47. The van der Waals surface area contributed by atoms with Gasteiger partial charge in [-0.05, 0) is 104 Å². The Morgan fingerprint density at radius 3 is 2.35 bits per heavy atom. The number of nitrogens with one attached hydrogen (secondary N) is 1. The van der Waals surface area contributed by atoms with Gasteiger partial charge in [0.15, 0.2) is 5.82 Å². The summed E-state index contributed by atoms with van der Waals surface area (Å²) in [5, 5.41) is 23.6. The van der Waals surface area contributed by atoms with Crippen LogP contribution in [-0.2, 0) is 14.3 Å². The molecule has 3 saturated carbocycles. The molecule has 0 aromatic carbocycles. The number of rotatable bonds is 7. The maximum absolute atomic E-state index is 13.3. The second kappa shape index (κ2) is 12.7. The van der Waals surface area contributed by atoms with Crippen LogP contribution in [0.3, 0.4) is 0 Å². The van der Waals surface area contributed by atoms with Gasteiger partial charge in [-0.15, -0.1) is 10.2 Å². The molecule has 4 N–H and O–H groups in total. The van der Waals surface area contributed by atoms with Crippen LogP contribution in [0.2, 0.25) is 0 Å². The van der Waals surface area contributed by atoms with Crippen molar-refractivity contribution in [1.82, 2.24) is 20.6 Å². The molecule has 2 bridgehead atoms. The normalized spacial score (nSPS) is 43.9. The molecule has 272 valence electrons. The number of tetrazole rings is 1. The van der Waals surface area contributed by atoms with E-state index in [2.05, 4.69) is 103 Å². The zero-order valence-electron chi connectivity index (χ0n) is 32.2. The predicted octanol–water partition coefficient (Wildman–Crippen LogP) is 7.48. The van der Waals surface area contributed by atoms with E-state index in [1.807, 2.05) is 0 Å². The molecule has 9 nitrogen and oxygen atoms in total. The highest BCUT2D eigenvalue weighted by Crippen LogP contribution is 2.75. The highest BCUT2D eigenvalue weighted by Gasteiger charge is 2.71. The van der Waals surface area contributed by atoms with Gasteiger partial charge in [-0.2, -0.15) is 5.21 Å². The third-order valence-electron chi connectivity index (χ3n) is 15.7. The SMILES string of the molecule is CC(C)[C@@H](C)[C@@]1(C)CC[C@]2(C)[C@H]3CC[C@@H]4[C@@]5(COC[C@]4(C)[C@@H](OC[C@](C)(N)C(C)C)[C@H](C)C5)C3=CC[C@@]2(C)[C@@H]1C(=O)O.Cc1nn[nH]n1. The third kappa shape index (κ3) is 5.60. The second-order valence-corrected chi connectivity index (χ2v) is 18.9. The Morgan fingerprint density at radius 2 is 1.81 bits per heavy atom. The summed E-state index contributed by atoms with van der Waals surface area (Å²) in [4.78, 5) is 13.3. The number of nitrogens with two attached hydrogens (primary N) is 1. The van der Waals surface area contributed by atoms with E-state index in [0.717, 1.165) is 45.3 Å². The summed E-state index contributed by atoms with van der Waals surface area (Å²) < 4.78 is 13.4. The molecule has 6 rings (SSSR count). The van der Waals surface area contributed by atoms with Gasteiger partial charge in [-0.25, -0.2) is 0 Å². The van der Waals surface area contributed by atoms with Gasteiger partial charge in [0, 0.05) is 16.4 Å². The van der Waals surface area contributed by atoms with Crippen LogP contribution in [0.1, 0.15) is 121 Å². The number of allylic oxidation sites excluding steroid dienone is 1. The van der Waals surface area contributed by atoms with E-state index in [9.17, 15) is 9.90 Å². The highest BCUT2D eigenvalue weighted by atomic mass is 16.5. The molecule has 48 heavy (non-hydrogen) atoms. The highest BCUT2D eigenvalue weighted by molar-refractivity contribution is 5.73. The molecule has 0 radical (unpaired) electrons. The van der Waals surface area contributed by atoms with Crippen molar-refractivity contribution in [2.45, 2.75) is 133 Å². The van der Waals surface area contributed by atoms with E-state index in [-0.39, 0.29) is 44.6 Å². The molecule has 0 unspecified atom stereocenters. The number of hydrogen-bond donors (Lipinski definition) is 3. The maximum atomic E-state index is 13.3. The summed E-state index contributed by atoms with van der Waals surface area (Å²) in [7, 11) is 0. The largest absolute Gasteiger partial charge is 0.481 e. The van der Waals surface area contributed by atoms with Gasteiger partial charge in [-0.3, -0.25) is 4.79 Å². The molecule has 2 heterocycles. The number of nitrogens with zero attached hydrogens (tertiary/aromatic N) is 3. The molecule has 1 aromatic rings. The predicted molar refractivity (Wildman–Crippen MR) is 189 cm³/mol. The Kier molecular flexibility index (Phi) is 9.93. The molecule has 1 aromatic heterocycles.